The van der Waals surface area contributed by atoms with Gasteiger partial charge in [0, 0.05) is 13.0 Å². The maximum absolute atomic E-state index is 5.70. The third-order valence-electron chi connectivity index (χ3n) is 4.62. The monoisotopic (exact) mass is 331 g/mol. The number of unbranched alkanes of at least 4 members (excludes halogenated alkanes) is 1. The van der Waals surface area contributed by atoms with Gasteiger partial charge in [-0.1, -0.05) is 25.5 Å². The molecular weight excluding hydrogens is 300 g/mol. The van der Waals surface area contributed by atoms with Gasteiger partial charge in [-0.25, -0.2) is 4.98 Å². The lowest BCUT2D eigenvalue weighted by Gasteiger charge is -2.34. The van der Waals surface area contributed by atoms with Crippen molar-refractivity contribution in [2.24, 2.45) is 0 Å². The molecule has 1 atom stereocenters. The van der Waals surface area contributed by atoms with E-state index in [1.807, 2.05) is 0 Å². The summed E-state index contributed by atoms with van der Waals surface area (Å²) in [6, 6.07) is 8.49. The normalized spacial score (nSPS) is 17.7. The first-order valence-corrected chi connectivity index (χ1v) is 9.34. The Morgan fingerprint density at radius 3 is 2.83 bits per heavy atom. The molecule has 5 heteroatoms. The van der Waals surface area contributed by atoms with Gasteiger partial charge >= 0.3 is 0 Å². The molecule has 1 aromatic heterocycles. The smallest absolute Gasteiger partial charge is 0.215 e. The zero-order chi connectivity index (χ0) is 16.9. The van der Waals surface area contributed by atoms with Gasteiger partial charge in [0.1, 0.15) is 0 Å². The summed E-state index contributed by atoms with van der Waals surface area (Å²) in [5.74, 6) is 1.15. The SMILES string of the molecule is CCCCN1C[NH+](CCCOC(C)C)Cn2c1nc1ccccc12. The Kier molecular flexibility index (Phi) is 5.74. The highest BCUT2D eigenvalue weighted by atomic mass is 16.5. The van der Waals surface area contributed by atoms with Gasteiger partial charge in [-0.2, -0.15) is 0 Å². The second-order valence-corrected chi connectivity index (χ2v) is 7.03. The zero-order valence-electron chi connectivity index (χ0n) is 15.3. The molecule has 0 spiro atoms. The van der Waals surface area contributed by atoms with Gasteiger partial charge in [0.15, 0.2) is 13.3 Å². The molecule has 2 heterocycles. The highest BCUT2D eigenvalue weighted by Crippen LogP contribution is 2.23. The van der Waals surface area contributed by atoms with Gasteiger partial charge in [0.25, 0.3) is 0 Å². The number of rotatable bonds is 8. The van der Waals surface area contributed by atoms with E-state index >= 15 is 0 Å². The molecule has 0 aliphatic carbocycles. The number of nitrogens with zero attached hydrogens (tertiary/aromatic N) is 3. The van der Waals surface area contributed by atoms with E-state index in [2.05, 4.69) is 54.5 Å². The van der Waals surface area contributed by atoms with Crippen LogP contribution in [0.15, 0.2) is 24.3 Å². The molecule has 0 fully saturated rings. The Balaban J connectivity index is 1.74. The van der Waals surface area contributed by atoms with Gasteiger partial charge < -0.3 is 9.64 Å². The first kappa shape index (κ1) is 17.2. The van der Waals surface area contributed by atoms with E-state index in [0.717, 1.165) is 50.9 Å². The van der Waals surface area contributed by atoms with E-state index in [4.69, 9.17) is 9.72 Å². The lowest BCUT2D eigenvalue weighted by Crippen LogP contribution is -3.14. The summed E-state index contributed by atoms with van der Waals surface area (Å²) in [7, 11) is 0. The Labute approximate surface area is 145 Å². The van der Waals surface area contributed by atoms with Crippen LogP contribution in [-0.4, -0.2) is 42.0 Å². The number of para-hydroxylation sites is 2. The lowest BCUT2D eigenvalue weighted by molar-refractivity contribution is -0.924. The number of fused-ring (bicyclic) bond motifs is 3. The number of hydrogen-bond acceptors (Lipinski definition) is 3. The number of nitrogens with one attached hydrogen (secondary N) is 1. The van der Waals surface area contributed by atoms with Crippen LogP contribution in [0.1, 0.15) is 40.0 Å². The van der Waals surface area contributed by atoms with Crippen LogP contribution in [0.25, 0.3) is 11.0 Å². The maximum Gasteiger partial charge on any atom is 0.215 e. The summed E-state index contributed by atoms with van der Waals surface area (Å²) < 4.78 is 8.10. The molecule has 0 saturated carbocycles. The molecule has 1 N–H and O–H groups in total. The van der Waals surface area contributed by atoms with Gasteiger partial charge in [-0.3, -0.25) is 9.47 Å². The molecule has 1 aliphatic rings. The first-order valence-electron chi connectivity index (χ1n) is 9.34. The minimum atomic E-state index is 0.326. The minimum absolute atomic E-state index is 0.326. The topological polar surface area (TPSA) is 34.7 Å². The van der Waals surface area contributed by atoms with Crippen LogP contribution >= 0.6 is 0 Å². The largest absolute Gasteiger partial charge is 0.379 e. The van der Waals surface area contributed by atoms with Crippen molar-refractivity contribution in [1.82, 2.24) is 9.55 Å². The van der Waals surface area contributed by atoms with Crippen LogP contribution in [0.2, 0.25) is 0 Å². The van der Waals surface area contributed by atoms with Crippen LogP contribution in [0.4, 0.5) is 5.95 Å². The summed E-state index contributed by atoms with van der Waals surface area (Å²) in [4.78, 5) is 8.95. The Morgan fingerprint density at radius 1 is 1.21 bits per heavy atom. The Hall–Kier alpha value is -1.59. The van der Waals surface area contributed by atoms with Gasteiger partial charge in [-0.05, 0) is 32.4 Å². The highest BCUT2D eigenvalue weighted by Gasteiger charge is 2.27. The minimum Gasteiger partial charge on any atom is -0.379 e. The van der Waals surface area contributed by atoms with Gasteiger partial charge in [0.05, 0.1) is 30.3 Å². The predicted octanol–water partition coefficient (Wildman–Crippen LogP) is 2.27. The highest BCUT2D eigenvalue weighted by molar-refractivity contribution is 5.78. The van der Waals surface area contributed by atoms with Gasteiger partial charge in [0.2, 0.25) is 5.95 Å². The van der Waals surface area contributed by atoms with E-state index < -0.39 is 0 Å². The summed E-state index contributed by atoms with van der Waals surface area (Å²) in [6.45, 7) is 11.6. The molecule has 0 saturated heterocycles. The Bertz CT molecular complexity index is 652. The van der Waals surface area contributed by atoms with Gasteiger partial charge in [-0.15, -0.1) is 0 Å². The fraction of sp³-hybridized carbons (Fsp3) is 0.632. The molecule has 0 amide bonds. The summed E-state index contributed by atoms with van der Waals surface area (Å²) in [5, 5.41) is 0. The predicted molar refractivity (Wildman–Crippen MR) is 98.4 cm³/mol. The van der Waals surface area contributed by atoms with Crippen LogP contribution in [-0.2, 0) is 11.4 Å². The van der Waals surface area contributed by atoms with E-state index in [1.165, 1.54) is 18.4 Å². The van der Waals surface area contributed by atoms with Crippen molar-refractivity contribution in [3.63, 3.8) is 0 Å². The molecule has 3 rings (SSSR count). The van der Waals surface area contributed by atoms with E-state index in [-0.39, 0.29) is 0 Å². The first-order chi connectivity index (χ1) is 11.7. The average Bonchev–Trinajstić information content (AvgIpc) is 2.95. The van der Waals surface area contributed by atoms with Crippen molar-refractivity contribution >= 4 is 17.0 Å². The third-order valence-corrected chi connectivity index (χ3v) is 4.62. The molecule has 0 radical (unpaired) electrons. The molecular formula is C19H31N4O+. The molecule has 2 aromatic rings. The zero-order valence-corrected chi connectivity index (χ0v) is 15.3. The summed E-state index contributed by atoms with van der Waals surface area (Å²) in [6.07, 6.45) is 3.87. The van der Waals surface area contributed by atoms with Crippen LogP contribution in [0.3, 0.4) is 0 Å². The lowest BCUT2D eigenvalue weighted by atomic mass is 10.3. The number of ether oxygens (including phenoxy) is 1. The van der Waals surface area contributed by atoms with Crippen LogP contribution < -0.4 is 9.80 Å². The second-order valence-electron chi connectivity index (χ2n) is 7.03. The molecule has 132 valence electrons. The van der Waals surface area contributed by atoms with Crippen LogP contribution in [0.5, 0.6) is 0 Å². The Morgan fingerprint density at radius 2 is 2.04 bits per heavy atom. The molecule has 0 bridgehead atoms. The van der Waals surface area contributed by atoms with E-state index in [1.54, 1.807) is 4.90 Å². The van der Waals surface area contributed by atoms with Crippen molar-refractivity contribution in [2.75, 3.05) is 31.3 Å². The van der Waals surface area contributed by atoms with Crippen LogP contribution in [0, 0.1) is 0 Å². The quantitative estimate of drug-likeness (QED) is 0.754. The summed E-state index contributed by atoms with van der Waals surface area (Å²) in [5.41, 5.74) is 2.36. The molecule has 1 unspecified atom stereocenters. The number of anilines is 1. The fourth-order valence-corrected chi connectivity index (χ4v) is 3.40. The van der Waals surface area contributed by atoms with Crippen molar-refractivity contribution in [2.45, 2.75) is 52.8 Å². The molecule has 5 nitrogen and oxygen atoms in total. The van der Waals surface area contributed by atoms with Crippen molar-refractivity contribution in [1.29, 1.82) is 0 Å². The van der Waals surface area contributed by atoms with Crippen molar-refractivity contribution in [3.8, 4) is 0 Å². The van der Waals surface area contributed by atoms with Crippen molar-refractivity contribution in [3.05, 3.63) is 24.3 Å². The number of benzene rings is 1. The number of imidazole rings is 1. The number of hydrogen-bond donors (Lipinski definition) is 1. The third kappa shape index (κ3) is 3.90. The van der Waals surface area contributed by atoms with E-state index in [0.29, 0.717) is 6.10 Å². The van der Waals surface area contributed by atoms with Crippen molar-refractivity contribution < 1.29 is 9.64 Å². The average molecular weight is 331 g/mol. The molecule has 24 heavy (non-hydrogen) atoms. The maximum atomic E-state index is 5.70. The second kappa shape index (κ2) is 7.99. The molecule has 1 aromatic carbocycles. The standard InChI is InChI=1S/C19H30N4O/c1-4-5-12-22-14-21(11-8-13-24-16(2)3)15-23-18-10-7-6-9-17(18)20-19(22)23/h6-7,9-10,16H,4-5,8,11-15H2,1-3H3/p+1. The molecule has 1 aliphatic heterocycles. The number of quaternary nitrogens is 1. The summed E-state index contributed by atoms with van der Waals surface area (Å²) >= 11 is 0. The fourth-order valence-electron chi connectivity index (χ4n) is 3.40. The number of aromatic nitrogens is 2. The van der Waals surface area contributed by atoms with E-state index in [9.17, 15) is 0 Å².